The molecular formula is C16H26N4. The molecule has 1 unspecified atom stereocenters. The summed E-state index contributed by atoms with van der Waals surface area (Å²) in [5.74, 6) is 3.26. The van der Waals surface area contributed by atoms with E-state index in [0.717, 1.165) is 24.5 Å². The van der Waals surface area contributed by atoms with Gasteiger partial charge in [0.25, 0.3) is 0 Å². The van der Waals surface area contributed by atoms with E-state index in [4.69, 9.17) is 0 Å². The van der Waals surface area contributed by atoms with Crippen molar-refractivity contribution in [3.05, 3.63) is 36.4 Å². The second-order valence-corrected chi connectivity index (χ2v) is 6.27. The van der Waals surface area contributed by atoms with Crippen LogP contribution in [0.4, 0.5) is 0 Å². The van der Waals surface area contributed by atoms with Crippen LogP contribution in [0, 0.1) is 11.8 Å². The summed E-state index contributed by atoms with van der Waals surface area (Å²) >= 11 is 0. The lowest BCUT2D eigenvalue weighted by atomic mass is 9.72. The first-order valence-corrected chi connectivity index (χ1v) is 7.58. The van der Waals surface area contributed by atoms with Gasteiger partial charge in [0.2, 0.25) is 0 Å². The molecule has 1 atom stereocenters. The van der Waals surface area contributed by atoms with Crippen molar-refractivity contribution in [3.8, 4) is 0 Å². The molecule has 0 saturated heterocycles. The normalized spacial score (nSPS) is 13.8. The van der Waals surface area contributed by atoms with Gasteiger partial charge in [-0.3, -0.25) is 0 Å². The molecule has 0 radical (unpaired) electrons. The Morgan fingerprint density at radius 1 is 1.00 bits per heavy atom. The van der Waals surface area contributed by atoms with Crippen LogP contribution in [-0.4, -0.2) is 19.9 Å². The van der Waals surface area contributed by atoms with Gasteiger partial charge in [-0.2, -0.15) is 0 Å². The lowest BCUT2D eigenvalue weighted by molar-refractivity contribution is 0.292. The first-order chi connectivity index (χ1) is 9.58. The van der Waals surface area contributed by atoms with Crippen molar-refractivity contribution in [2.24, 2.45) is 11.8 Å². The maximum absolute atomic E-state index is 4.57. The summed E-state index contributed by atoms with van der Waals surface area (Å²) in [6.45, 7) is 9.07. The molecule has 0 bridgehead atoms. The van der Waals surface area contributed by atoms with Crippen LogP contribution in [0.2, 0.25) is 0 Å². The van der Waals surface area contributed by atoms with Gasteiger partial charge in [-0.05, 0) is 24.7 Å². The molecule has 0 aromatic carbocycles. The highest BCUT2D eigenvalue weighted by Gasteiger charge is 2.40. The zero-order chi connectivity index (χ0) is 14.6. The predicted molar refractivity (Wildman–Crippen MR) is 81.5 cm³/mol. The number of hydrogen-bond donors (Lipinski definition) is 2. The molecule has 0 spiro atoms. The van der Waals surface area contributed by atoms with Gasteiger partial charge in [0.05, 0.1) is 5.41 Å². The minimum atomic E-state index is -0.142. The topological polar surface area (TPSA) is 57.4 Å². The monoisotopic (exact) mass is 274 g/mol. The van der Waals surface area contributed by atoms with Crippen molar-refractivity contribution in [1.82, 2.24) is 19.9 Å². The van der Waals surface area contributed by atoms with Crippen molar-refractivity contribution in [3.63, 3.8) is 0 Å². The molecule has 0 amide bonds. The predicted octanol–water partition coefficient (Wildman–Crippen LogP) is 3.90. The average molecular weight is 274 g/mol. The van der Waals surface area contributed by atoms with Crippen LogP contribution in [0.5, 0.6) is 0 Å². The van der Waals surface area contributed by atoms with E-state index in [1.165, 1.54) is 6.42 Å². The molecule has 0 aliphatic carbocycles. The van der Waals surface area contributed by atoms with E-state index in [2.05, 4.69) is 47.6 Å². The Bertz CT molecular complexity index is 450. The summed E-state index contributed by atoms with van der Waals surface area (Å²) < 4.78 is 0. The molecule has 4 nitrogen and oxygen atoms in total. The molecule has 2 N–H and O–H groups in total. The van der Waals surface area contributed by atoms with Gasteiger partial charge in [-0.25, -0.2) is 9.97 Å². The van der Waals surface area contributed by atoms with Crippen LogP contribution in [0.1, 0.15) is 58.6 Å². The summed E-state index contributed by atoms with van der Waals surface area (Å²) in [5, 5.41) is 0. The van der Waals surface area contributed by atoms with Crippen LogP contribution < -0.4 is 0 Å². The van der Waals surface area contributed by atoms with Gasteiger partial charge in [-0.15, -0.1) is 0 Å². The zero-order valence-electron chi connectivity index (χ0n) is 13.0. The molecule has 0 fully saturated rings. The van der Waals surface area contributed by atoms with Gasteiger partial charge >= 0.3 is 0 Å². The van der Waals surface area contributed by atoms with Crippen molar-refractivity contribution < 1.29 is 0 Å². The highest BCUT2D eigenvalue weighted by molar-refractivity contribution is 5.23. The Hall–Kier alpha value is -1.58. The fourth-order valence-electron chi connectivity index (χ4n) is 3.07. The number of aromatic amines is 2. The van der Waals surface area contributed by atoms with Crippen LogP contribution in [0.15, 0.2) is 24.8 Å². The second-order valence-electron chi connectivity index (χ2n) is 6.27. The maximum Gasteiger partial charge on any atom is 0.119 e. The smallest absolute Gasteiger partial charge is 0.119 e. The number of hydrogen-bond acceptors (Lipinski definition) is 2. The second kappa shape index (κ2) is 6.25. The number of aromatic nitrogens is 4. The molecule has 2 rings (SSSR count). The third kappa shape index (κ3) is 2.94. The first-order valence-electron chi connectivity index (χ1n) is 7.58. The molecule has 4 heteroatoms. The summed E-state index contributed by atoms with van der Waals surface area (Å²) in [5.41, 5.74) is -0.142. The van der Waals surface area contributed by atoms with E-state index < -0.39 is 0 Å². The van der Waals surface area contributed by atoms with Crippen molar-refractivity contribution in [1.29, 1.82) is 0 Å². The largest absolute Gasteiger partial charge is 0.348 e. The number of nitrogens with zero attached hydrogens (tertiary/aromatic N) is 2. The lowest BCUT2D eigenvalue weighted by Gasteiger charge is -2.34. The number of H-pyrrole nitrogens is 2. The maximum atomic E-state index is 4.57. The van der Waals surface area contributed by atoms with Crippen molar-refractivity contribution in [2.45, 2.75) is 52.4 Å². The zero-order valence-corrected chi connectivity index (χ0v) is 13.0. The summed E-state index contributed by atoms with van der Waals surface area (Å²) in [4.78, 5) is 15.8. The minimum absolute atomic E-state index is 0.142. The molecule has 2 aromatic rings. The van der Waals surface area contributed by atoms with Crippen LogP contribution in [-0.2, 0) is 5.41 Å². The van der Waals surface area contributed by atoms with E-state index in [1.807, 2.05) is 24.8 Å². The molecule has 0 saturated carbocycles. The average Bonchev–Trinajstić information content (AvgIpc) is 3.10. The third-order valence-electron chi connectivity index (χ3n) is 4.05. The Morgan fingerprint density at radius 3 is 1.90 bits per heavy atom. The lowest BCUT2D eigenvalue weighted by Crippen LogP contribution is -2.34. The van der Waals surface area contributed by atoms with E-state index in [1.54, 1.807) is 0 Å². The third-order valence-corrected chi connectivity index (χ3v) is 4.05. The summed E-state index contributed by atoms with van der Waals surface area (Å²) in [7, 11) is 0. The van der Waals surface area contributed by atoms with Crippen LogP contribution in [0.25, 0.3) is 0 Å². The Balaban J connectivity index is 2.48. The number of nitrogens with one attached hydrogen (secondary N) is 2. The van der Waals surface area contributed by atoms with Gasteiger partial charge in [-0.1, -0.05) is 34.1 Å². The SMILES string of the molecule is CCC(C)CC(CC(C)C)(c1ncc[nH]1)c1ncc[nH]1. The Morgan fingerprint density at radius 2 is 1.55 bits per heavy atom. The first kappa shape index (κ1) is 14.8. The van der Waals surface area contributed by atoms with E-state index in [9.17, 15) is 0 Å². The van der Waals surface area contributed by atoms with Gasteiger partial charge in [0, 0.05) is 24.8 Å². The van der Waals surface area contributed by atoms with Gasteiger partial charge in [0.1, 0.15) is 11.6 Å². The molecule has 2 heterocycles. The standard InChI is InChI=1S/C16H26N4/c1-5-13(4)11-16(10-12(2)3,14-17-6-7-18-14)15-19-8-9-20-15/h6-9,12-13H,5,10-11H2,1-4H3,(H,17,18)(H,19,20). The van der Waals surface area contributed by atoms with Crippen LogP contribution >= 0.6 is 0 Å². The molecule has 20 heavy (non-hydrogen) atoms. The Labute approximate surface area is 121 Å². The Kier molecular flexibility index (Phi) is 4.63. The van der Waals surface area contributed by atoms with E-state index in [-0.39, 0.29) is 5.41 Å². The van der Waals surface area contributed by atoms with E-state index >= 15 is 0 Å². The molecule has 110 valence electrons. The molecule has 0 aliphatic rings. The quantitative estimate of drug-likeness (QED) is 0.804. The highest BCUT2D eigenvalue weighted by Crippen LogP contribution is 2.40. The molecular weight excluding hydrogens is 248 g/mol. The van der Waals surface area contributed by atoms with Gasteiger partial charge < -0.3 is 9.97 Å². The van der Waals surface area contributed by atoms with Crippen LogP contribution in [0.3, 0.4) is 0 Å². The van der Waals surface area contributed by atoms with Crippen molar-refractivity contribution >= 4 is 0 Å². The highest BCUT2D eigenvalue weighted by atomic mass is 15.0. The minimum Gasteiger partial charge on any atom is -0.348 e. The fraction of sp³-hybridized carbons (Fsp3) is 0.625. The number of imidazole rings is 2. The van der Waals surface area contributed by atoms with E-state index in [0.29, 0.717) is 11.8 Å². The molecule has 2 aromatic heterocycles. The number of rotatable bonds is 7. The summed E-state index contributed by atoms with van der Waals surface area (Å²) in [6.07, 6.45) is 10.8. The fourth-order valence-corrected chi connectivity index (χ4v) is 3.07. The molecule has 0 aliphatic heterocycles. The van der Waals surface area contributed by atoms with Gasteiger partial charge in [0.15, 0.2) is 0 Å². The van der Waals surface area contributed by atoms with Crippen molar-refractivity contribution in [2.75, 3.05) is 0 Å². The summed E-state index contributed by atoms with van der Waals surface area (Å²) in [6, 6.07) is 0.